The van der Waals surface area contributed by atoms with E-state index in [2.05, 4.69) is 14.9 Å². The number of aliphatic hydroxyl groups excluding tert-OH is 2. The number of ether oxygens (including phenoxy) is 2. The van der Waals surface area contributed by atoms with Crippen LogP contribution in [0.4, 0.5) is 13.2 Å². The summed E-state index contributed by atoms with van der Waals surface area (Å²) in [4.78, 5) is 24.0. The first-order valence-electron chi connectivity index (χ1n) is 16.1. The largest absolute Gasteiger partial charge is 0.481 e. The maximum atomic E-state index is 14.0. The van der Waals surface area contributed by atoms with E-state index < -0.39 is 35.0 Å². The summed E-state index contributed by atoms with van der Waals surface area (Å²) in [5.41, 5.74) is 3.00. The van der Waals surface area contributed by atoms with E-state index in [1.165, 1.54) is 0 Å². The predicted octanol–water partition coefficient (Wildman–Crippen LogP) is 5.68. The molecule has 0 radical (unpaired) electrons. The molecule has 0 unspecified atom stereocenters. The fourth-order valence-electron chi connectivity index (χ4n) is 6.96. The van der Waals surface area contributed by atoms with Crippen molar-refractivity contribution in [1.82, 2.24) is 19.4 Å². The van der Waals surface area contributed by atoms with Crippen LogP contribution < -0.4 is 15.0 Å². The number of halogens is 3. The molecule has 2 aliphatic rings. The van der Waals surface area contributed by atoms with Crippen molar-refractivity contribution in [3.05, 3.63) is 92.9 Å². The van der Waals surface area contributed by atoms with Gasteiger partial charge in [-0.1, -0.05) is 30.3 Å². The van der Waals surface area contributed by atoms with Gasteiger partial charge in [0.05, 0.1) is 19.8 Å². The zero-order chi connectivity index (χ0) is 34.4. The molecule has 0 spiro atoms. The van der Waals surface area contributed by atoms with Crippen LogP contribution in [0, 0.1) is 6.92 Å². The Bertz CT molecular complexity index is 2090. The van der Waals surface area contributed by atoms with Gasteiger partial charge in [-0.15, -0.1) is 0 Å². The van der Waals surface area contributed by atoms with Gasteiger partial charge in [0.15, 0.2) is 11.1 Å². The number of likely N-dealkylation sites (tertiary alicyclic amines) is 1. The third-order valence-electron chi connectivity index (χ3n) is 9.35. The van der Waals surface area contributed by atoms with Gasteiger partial charge in [0, 0.05) is 49.6 Å². The van der Waals surface area contributed by atoms with Gasteiger partial charge in [-0.05, 0) is 66.1 Å². The monoisotopic (exact) mass is 676 g/mol. The van der Waals surface area contributed by atoms with E-state index in [9.17, 15) is 28.2 Å². The Morgan fingerprint density at radius 1 is 1.04 bits per heavy atom. The first-order chi connectivity index (χ1) is 23.5. The Morgan fingerprint density at radius 3 is 2.55 bits per heavy atom. The average molecular weight is 677 g/mol. The molecule has 1 fully saturated rings. The third kappa shape index (κ3) is 6.18. The van der Waals surface area contributed by atoms with Gasteiger partial charge in [0.25, 0.3) is 5.56 Å². The van der Waals surface area contributed by atoms with Crippen LogP contribution in [-0.2, 0) is 25.7 Å². The van der Waals surface area contributed by atoms with E-state index in [0.717, 1.165) is 57.3 Å². The van der Waals surface area contributed by atoms with E-state index in [1.54, 1.807) is 19.2 Å². The second kappa shape index (κ2) is 13.0. The third-order valence-corrected chi connectivity index (χ3v) is 9.35. The molecule has 13 heteroatoms. The molecule has 1 aliphatic heterocycles. The Kier molecular flexibility index (Phi) is 8.67. The van der Waals surface area contributed by atoms with Crippen LogP contribution in [0.2, 0.25) is 0 Å². The topological polar surface area (TPSA) is 123 Å². The molecule has 7 rings (SSSR count). The number of pyridine rings is 2. The minimum atomic E-state index is -4.80. The lowest BCUT2D eigenvalue weighted by Crippen LogP contribution is -2.24. The number of hydrogen-bond acceptors (Lipinski definition) is 9. The van der Waals surface area contributed by atoms with Crippen molar-refractivity contribution in [1.29, 1.82) is 0 Å². The quantitative estimate of drug-likeness (QED) is 0.203. The number of fused-ring (bicyclic) bond motifs is 2. The number of benzene rings is 2. The highest BCUT2D eigenvalue weighted by Crippen LogP contribution is 2.43. The highest BCUT2D eigenvalue weighted by atomic mass is 19.4. The van der Waals surface area contributed by atoms with Crippen LogP contribution >= 0.6 is 0 Å². The molecule has 1 aliphatic carbocycles. The lowest BCUT2D eigenvalue weighted by molar-refractivity contribution is -0.137. The SMILES string of the molecule is COc1nc(O[C@H]2CCc3c(-c4cccc(-c5nc6c(=O)n(CCO)cc(C(F)(F)F)c6o5)c4C)cccc32)ccc1CN1CC[C@@H](O)C1. The lowest BCUT2D eigenvalue weighted by atomic mass is 9.91. The van der Waals surface area contributed by atoms with Gasteiger partial charge in [-0.3, -0.25) is 9.69 Å². The molecule has 2 aromatic carbocycles. The first-order valence-corrected chi connectivity index (χ1v) is 16.1. The van der Waals surface area contributed by atoms with Crippen LogP contribution in [0.15, 0.2) is 63.9 Å². The summed E-state index contributed by atoms with van der Waals surface area (Å²) < 4.78 is 60.4. The van der Waals surface area contributed by atoms with E-state index in [0.29, 0.717) is 43.0 Å². The smallest absolute Gasteiger partial charge is 0.421 e. The molecule has 256 valence electrons. The number of methoxy groups -OCH3 is 1. The van der Waals surface area contributed by atoms with E-state index in [4.69, 9.17) is 13.9 Å². The molecule has 49 heavy (non-hydrogen) atoms. The van der Waals surface area contributed by atoms with Gasteiger partial charge < -0.3 is 28.7 Å². The number of alkyl halides is 3. The van der Waals surface area contributed by atoms with Crippen molar-refractivity contribution in [2.45, 2.75) is 57.7 Å². The second-order valence-corrected chi connectivity index (χ2v) is 12.5. The number of aliphatic hydroxyl groups is 2. The molecule has 1 saturated heterocycles. The van der Waals surface area contributed by atoms with Crippen LogP contribution in [-0.4, -0.2) is 62.6 Å². The zero-order valence-electron chi connectivity index (χ0n) is 27.0. The number of aromatic nitrogens is 3. The molecule has 5 aromatic rings. The standard InChI is InChI=1S/C36H35F3N4O6/c1-20-23(5-3-6-24(20)34-41-31-32(49-34)28(36(37,38)39)19-43(15-16-44)35(31)46)25-7-4-8-27-26(25)10-11-29(27)48-30-12-9-21(33(40-30)47-2)17-42-14-13-22(45)18-42/h3-9,12,19,22,29,44-45H,10-11,13-18H2,1-2H3/t22-,29+/m1/s1. The maximum absolute atomic E-state index is 14.0. The molecular formula is C36H35F3N4O6. The summed E-state index contributed by atoms with van der Waals surface area (Å²) in [6.45, 7) is 3.08. The number of β-amino-alcohol motifs (C(OH)–C–C–N with tert-alkyl or cyclic N) is 1. The number of oxazole rings is 1. The van der Waals surface area contributed by atoms with Gasteiger partial charge in [0.2, 0.25) is 17.7 Å². The van der Waals surface area contributed by atoms with Crippen molar-refractivity contribution in [2.24, 2.45) is 0 Å². The zero-order valence-corrected chi connectivity index (χ0v) is 27.0. The molecule has 0 saturated carbocycles. The van der Waals surface area contributed by atoms with Gasteiger partial charge in [-0.25, -0.2) is 4.98 Å². The Hall–Kier alpha value is -4.72. The van der Waals surface area contributed by atoms with Crippen molar-refractivity contribution in [3.63, 3.8) is 0 Å². The fourth-order valence-corrected chi connectivity index (χ4v) is 6.96. The van der Waals surface area contributed by atoms with Crippen LogP contribution in [0.1, 0.15) is 46.8 Å². The summed E-state index contributed by atoms with van der Waals surface area (Å²) in [7, 11) is 1.57. The maximum Gasteiger partial charge on any atom is 0.421 e. The predicted molar refractivity (Wildman–Crippen MR) is 174 cm³/mol. The second-order valence-electron chi connectivity index (χ2n) is 12.5. The Labute approximate surface area is 279 Å². The molecule has 0 bridgehead atoms. The van der Waals surface area contributed by atoms with Gasteiger partial charge in [0.1, 0.15) is 11.7 Å². The molecule has 0 amide bonds. The number of hydrogen-bond donors (Lipinski definition) is 2. The van der Waals surface area contributed by atoms with Gasteiger partial charge in [-0.2, -0.15) is 18.2 Å². The van der Waals surface area contributed by atoms with Crippen LogP contribution in [0.25, 0.3) is 33.7 Å². The Morgan fingerprint density at radius 2 is 1.82 bits per heavy atom. The molecule has 10 nitrogen and oxygen atoms in total. The minimum absolute atomic E-state index is 0.100. The number of rotatable bonds is 9. The molecule has 2 atom stereocenters. The van der Waals surface area contributed by atoms with Crippen molar-refractivity contribution in [3.8, 4) is 34.3 Å². The van der Waals surface area contributed by atoms with Gasteiger partial charge >= 0.3 is 6.18 Å². The number of nitrogens with zero attached hydrogens (tertiary/aromatic N) is 4. The Balaban J connectivity index is 1.19. The lowest BCUT2D eigenvalue weighted by Gasteiger charge is -2.19. The normalized spacial score (nSPS) is 17.9. The molecule has 2 N–H and O–H groups in total. The van der Waals surface area contributed by atoms with Crippen molar-refractivity contribution < 1.29 is 37.3 Å². The average Bonchev–Trinajstić information content (AvgIpc) is 3.81. The summed E-state index contributed by atoms with van der Waals surface area (Å²) in [6.07, 6.45) is -2.52. The summed E-state index contributed by atoms with van der Waals surface area (Å²) in [5, 5.41) is 19.2. The fraction of sp³-hybridized carbons (Fsp3) is 0.361. The molecule has 3 aromatic heterocycles. The van der Waals surface area contributed by atoms with Crippen molar-refractivity contribution in [2.75, 3.05) is 26.8 Å². The van der Waals surface area contributed by atoms with E-state index in [1.807, 2.05) is 43.3 Å². The highest BCUT2D eigenvalue weighted by molar-refractivity contribution is 5.82. The van der Waals surface area contributed by atoms with Crippen LogP contribution in [0.5, 0.6) is 11.8 Å². The van der Waals surface area contributed by atoms with Crippen LogP contribution in [0.3, 0.4) is 0 Å². The first kappa shape index (κ1) is 32.8. The van der Waals surface area contributed by atoms with Crippen molar-refractivity contribution >= 4 is 11.1 Å². The summed E-state index contributed by atoms with van der Waals surface area (Å²) in [6, 6.07) is 15.2. The molecule has 4 heterocycles. The summed E-state index contributed by atoms with van der Waals surface area (Å²) >= 11 is 0. The summed E-state index contributed by atoms with van der Waals surface area (Å²) in [5.74, 6) is 0.819. The highest BCUT2D eigenvalue weighted by Gasteiger charge is 2.37. The van der Waals surface area contributed by atoms with E-state index in [-0.39, 0.29) is 24.6 Å². The van der Waals surface area contributed by atoms with E-state index >= 15 is 0 Å². The molecular weight excluding hydrogens is 641 g/mol. The minimum Gasteiger partial charge on any atom is -0.481 e.